The summed E-state index contributed by atoms with van der Waals surface area (Å²) < 4.78 is 6.93. The summed E-state index contributed by atoms with van der Waals surface area (Å²) in [6.45, 7) is 4.54. The Kier molecular flexibility index (Phi) is 5.83. The molecule has 0 unspecified atom stereocenters. The third-order valence-corrected chi connectivity index (χ3v) is 10.4. The van der Waals surface area contributed by atoms with Crippen LogP contribution in [0.1, 0.15) is 25.3 Å². The summed E-state index contributed by atoms with van der Waals surface area (Å²) in [5, 5.41) is 12.5. The zero-order valence-electron chi connectivity index (χ0n) is 26.9. The van der Waals surface area contributed by atoms with E-state index in [-0.39, 0.29) is 0 Å². The molecule has 10 rings (SSSR count). The first-order valence-electron chi connectivity index (χ1n) is 16.9. The largest absolute Gasteiger partial charge is 0.455 e. The molecule has 0 amide bonds. The molecular weight excluding hydrogens is 581 g/mol. The van der Waals surface area contributed by atoms with E-state index in [0.29, 0.717) is 5.92 Å². The zero-order chi connectivity index (χ0) is 31.9. The molecule has 48 heavy (non-hydrogen) atoms. The normalized spacial score (nSPS) is 12.3. The summed E-state index contributed by atoms with van der Waals surface area (Å²) in [6, 6.07) is 55.8. The standard InChI is InChI=1S/C47H32O/c1-28(2)37-25-43(47-44(26-37)42-13-7-12-41-39-11-6-4-9-34(39)27-45(48-47)46(41)42)36-19-17-31-22-30(15-16-32(31)24-36)33-20-21-40-35(23-33)18-14-29-8-3-5-10-38(29)40/h3-28H,1-2H3. The van der Waals surface area contributed by atoms with Crippen molar-refractivity contribution in [3.8, 4) is 44.9 Å². The lowest BCUT2D eigenvalue weighted by Crippen LogP contribution is -2.02. The molecule has 1 heteroatoms. The molecule has 0 fully saturated rings. The Hall–Kier alpha value is -5.92. The van der Waals surface area contributed by atoms with E-state index < -0.39 is 0 Å². The van der Waals surface area contributed by atoms with Crippen molar-refractivity contribution in [1.82, 2.24) is 0 Å². The fraction of sp³-hybridized carbons (Fsp3) is 0.0638. The van der Waals surface area contributed by atoms with Gasteiger partial charge in [0.2, 0.25) is 0 Å². The highest BCUT2D eigenvalue weighted by Gasteiger charge is 2.26. The molecule has 9 aromatic rings. The van der Waals surface area contributed by atoms with Crippen molar-refractivity contribution >= 4 is 53.9 Å². The summed E-state index contributed by atoms with van der Waals surface area (Å²) >= 11 is 0. The van der Waals surface area contributed by atoms with E-state index in [0.717, 1.165) is 17.1 Å². The first kappa shape index (κ1) is 27.2. The molecule has 1 heterocycles. The van der Waals surface area contributed by atoms with Gasteiger partial charge in [0, 0.05) is 16.5 Å². The molecule has 0 saturated heterocycles. The van der Waals surface area contributed by atoms with Crippen LogP contribution in [0, 0.1) is 0 Å². The molecule has 1 aliphatic heterocycles. The Bertz CT molecular complexity index is 2780. The third kappa shape index (κ3) is 4.11. The Morgan fingerprint density at radius 2 is 0.958 bits per heavy atom. The maximum Gasteiger partial charge on any atom is 0.143 e. The minimum Gasteiger partial charge on any atom is -0.455 e. The molecule has 1 nitrogen and oxygen atoms in total. The Morgan fingerprint density at radius 1 is 0.396 bits per heavy atom. The van der Waals surface area contributed by atoms with Crippen LogP contribution in [-0.2, 0) is 0 Å². The lowest BCUT2D eigenvalue weighted by atomic mass is 9.86. The molecule has 0 saturated carbocycles. The average molecular weight is 613 g/mol. The van der Waals surface area contributed by atoms with Gasteiger partial charge in [0.25, 0.3) is 0 Å². The molecule has 0 spiro atoms. The molecule has 1 aliphatic rings. The van der Waals surface area contributed by atoms with Crippen molar-refractivity contribution in [2.24, 2.45) is 0 Å². The highest BCUT2D eigenvalue weighted by atomic mass is 16.5. The van der Waals surface area contributed by atoms with Gasteiger partial charge >= 0.3 is 0 Å². The van der Waals surface area contributed by atoms with Gasteiger partial charge < -0.3 is 4.74 Å². The molecular formula is C47H32O. The summed E-state index contributed by atoms with van der Waals surface area (Å²) in [4.78, 5) is 0. The van der Waals surface area contributed by atoms with Crippen LogP contribution in [-0.4, -0.2) is 0 Å². The van der Waals surface area contributed by atoms with Crippen molar-refractivity contribution in [3.05, 3.63) is 157 Å². The monoisotopic (exact) mass is 612 g/mol. The molecule has 0 aliphatic carbocycles. The summed E-state index contributed by atoms with van der Waals surface area (Å²) in [7, 11) is 0. The van der Waals surface area contributed by atoms with E-state index in [1.165, 1.54) is 87.2 Å². The Balaban J connectivity index is 1.10. The smallest absolute Gasteiger partial charge is 0.143 e. The predicted octanol–water partition coefficient (Wildman–Crippen LogP) is 13.7. The lowest BCUT2D eigenvalue weighted by Gasteiger charge is -2.26. The number of benzene rings is 9. The summed E-state index contributed by atoms with van der Waals surface area (Å²) in [6.07, 6.45) is 0. The van der Waals surface area contributed by atoms with Gasteiger partial charge in [-0.15, -0.1) is 0 Å². The fourth-order valence-corrected chi connectivity index (χ4v) is 7.83. The van der Waals surface area contributed by atoms with Crippen LogP contribution in [0.5, 0.6) is 11.5 Å². The van der Waals surface area contributed by atoms with Crippen LogP contribution < -0.4 is 4.74 Å². The maximum atomic E-state index is 6.93. The first-order chi connectivity index (χ1) is 23.6. The molecule has 0 radical (unpaired) electrons. The van der Waals surface area contributed by atoms with E-state index in [1.54, 1.807) is 0 Å². The van der Waals surface area contributed by atoms with Crippen molar-refractivity contribution in [2.45, 2.75) is 19.8 Å². The maximum absolute atomic E-state index is 6.93. The van der Waals surface area contributed by atoms with Crippen LogP contribution in [0.4, 0.5) is 0 Å². The van der Waals surface area contributed by atoms with Gasteiger partial charge in [0.1, 0.15) is 11.5 Å². The summed E-state index contributed by atoms with van der Waals surface area (Å²) in [5.74, 6) is 2.25. The number of rotatable bonds is 3. The Labute approximate surface area is 279 Å². The fourth-order valence-electron chi connectivity index (χ4n) is 7.83. The van der Waals surface area contributed by atoms with Crippen molar-refractivity contribution in [1.29, 1.82) is 0 Å². The van der Waals surface area contributed by atoms with Gasteiger partial charge in [-0.2, -0.15) is 0 Å². The van der Waals surface area contributed by atoms with Crippen molar-refractivity contribution < 1.29 is 4.74 Å². The van der Waals surface area contributed by atoms with Crippen LogP contribution >= 0.6 is 0 Å². The highest BCUT2D eigenvalue weighted by molar-refractivity contribution is 6.17. The lowest BCUT2D eigenvalue weighted by molar-refractivity contribution is 0.489. The minimum absolute atomic E-state index is 0.384. The van der Waals surface area contributed by atoms with Crippen LogP contribution in [0.15, 0.2) is 152 Å². The summed E-state index contributed by atoms with van der Waals surface area (Å²) in [5.41, 5.74) is 8.49. The van der Waals surface area contributed by atoms with Gasteiger partial charge in [0.05, 0.1) is 0 Å². The molecule has 226 valence electrons. The second-order valence-corrected chi connectivity index (χ2v) is 13.5. The van der Waals surface area contributed by atoms with Gasteiger partial charge in [-0.3, -0.25) is 0 Å². The van der Waals surface area contributed by atoms with E-state index in [9.17, 15) is 0 Å². The minimum atomic E-state index is 0.384. The van der Waals surface area contributed by atoms with E-state index in [4.69, 9.17) is 4.74 Å². The zero-order valence-corrected chi connectivity index (χ0v) is 26.9. The second-order valence-electron chi connectivity index (χ2n) is 13.5. The Morgan fingerprint density at radius 3 is 1.77 bits per heavy atom. The van der Waals surface area contributed by atoms with Crippen molar-refractivity contribution in [2.75, 3.05) is 0 Å². The molecule has 0 atom stereocenters. The van der Waals surface area contributed by atoms with Crippen LogP contribution in [0.2, 0.25) is 0 Å². The van der Waals surface area contributed by atoms with Gasteiger partial charge in [0.15, 0.2) is 0 Å². The number of ether oxygens (including phenoxy) is 1. The molecule has 0 N–H and O–H groups in total. The van der Waals surface area contributed by atoms with E-state index in [2.05, 4.69) is 166 Å². The SMILES string of the molecule is CC(C)c1cc(-c2ccc3cc(-c4ccc5c(ccc6ccccc65)c4)ccc3c2)c2c(c1)-c1cccc3c1c(cc1ccccc13)O2. The predicted molar refractivity (Wildman–Crippen MR) is 204 cm³/mol. The van der Waals surface area contributed by atoms with Gasteiger partial charge in [-0.25, -0.2) is 0 Å². The average Bonchev–Trinajstić information content (AvgIpc) is 3.14. The third-order valence-electron chi connectivity index (χ3n) is 10.4. The molecule has 0 bridgehead atoms. The topological polar surface area (TPSA) is 9.23 Å². The van der Waals surface area contributed by atoms with Crippen LogP contribution in [0.25, 0.3) is 87.2 Å². The quantitative estimate of drug-likeness (QED) is 0.180. The highest BCUT2D eigenvalue weighted by Crippen LogP contribution is 2.53. The van der Waals surface area contributed by atoms with Gasteiger partial charge in [-0.05, 0) is 119 Å². The number of hydrogen-bond acceptors (Lipinski definition) is 1. The van der Waals surface area contributed by atoms with E-state index >= 15 is 0 Å². The van der Waals surface area contributed by atoms with Crippen LogP contribution in [0.3, 0.4) is 0 Å². The molecule has 0 aromatic heterocycles. The second kappa shape index (κ2) is 10.3. The van der Waals surface area contributed by atoms with Crippen molar-refractivity contribution in [3.63, 3.8) is 0 Å². The van der Waals surface area contributed by atoms with Gasteiger partial charge in [-0.1, -0.05) is 129 Å². The molecule has 9 aromatic carbocycles. The first-order valence-corrected chi connectivity index (χ1v) is 16.9. The number of fused-ring (bicyclic) bond motifs is 8. The van der Waals surface area contributed by atoms with E-state index in [1.807, 2.05) is 0 Å². The number of hydrogen-bond donors (Lipinski definition) is 0.